The summed E-state index contributed by atoms with van der Waals surface area (Å²) in [6.07, 6.45) is 3.32. The molecule has 1 amide bonds. The molecule has 1 aliphatic rings. The monoisotopic (exact) mass is 376 g/mol. The fraction of sp³-hybridized carbons (Fsp3) is 0.304. The van der Waals surface area contributed by atoms with E-state index in [4.69, 9.17) is 9.15 Å². The van der Waals surface area contributed by atoms with Crippen molar-refractivity contribution in [2.75, 3.05) is 6.61 Å². The Morgan fingerprint density at radius 1 is 1.18 bits per heavy atom. The van der Waals surface area contributed by atoms with Crippen LogP contribution in [-0.2, 0) is 11.2 Å². The number of hydrogen-bond donors (Lipinski definition) is 1. The molecule has 28 heavy (non-hydrogen) atoms. The van der Waals surface area contributed by atoms with Crippen molar-refractivity contribution in [2.24, 2.45) is 0 Å². The number of rotatable bonds is 5. The molecule has 2 heterocycles. The molecule has 144 valence electrons. The lowest BCUT2D eigenvalue weighted by Gasteiger charge is -2.26. The Balaban J connectivity index is 1.36. The van der Waals surface area contributed by atoms with Gasteiger partial charge >= 0.3 is 0 Å². The number of fused-ring (bicyclic) bond motifs is 1. The first-order chi connectivity index (χ1) is 13.6. The molecule has 5 nitrogen and oxygen atoms in total. The molecule has 0 saturated heterocycles. The number of carbonyl (C=O) groups is 1. The van der Waals surface area contributed by atoms with E-state index in [1.54, 1.807) is 6.20 Å². The minimum absolute atomic E-state index is 0.00638. The van der Waals surface area contributed by atoms with Crippen molar-refractivity contribution in [3.63, 3.8) is 0 Å². The molecule has 3 aromatic rings. The highest BCUT2D eigenvalue weighted by Crippen LogP contribution is 2.31. The van der Waals surface area contributed by atoms with Crippen molar-refractivity contribution >= 4 is 5.91 Å². The Labute approximate surface area is 164 Å². The van der Waals surface area contributed by atoms with E-state index in [1.165, 1.54) is 11.1 Å². The number of carbonyl (C=O) groups excluding carboxylic acids is 1. The summed E-state index contributed by atoms with van der Waals surface area (Å²) in [5.41, 5.74) is 4.50. The molecule has 0 unspecified atom stereocenters. The molecule has 0 radical (unpaired) electrons. The van der Waals surface area contributed by atoms with Crippen LogP contribution in [0.3, 0.4) is 0 Å². The third-order valence-electron chi connectivity index (χ3n) is 5.20. The van der Waals surface area contributed by atoms with Gasteiger partial charge in [0.2, 0.25) is 5.91 Å². The van der Waals surface area contributed by atoms with Crippen LogP contribution in [0.1, 0.15) is 41.5 Å². The lowest BCUT2D eigenvalue weighted by atomic mass is 10.0. The van der Waals surface area contributed by atoms with Crippen LogP contribution in [-0.4, -0.2) is 17.5 Å². The number of nitrogens with zero attached hydrogens (tertiary/aromatic N) is 1. The molecular weight excluding hydrogens is 352 g/mol. The maximum atomic E-state index is 12.4. The second-order valence-corrected chi connectivity index (χ2v) is 7.21. The fourth-order valence-electron chi connectivity index (χ4n) is 3.43. The van der Waals surface area contributed by atoms with Crippen LogP contribution in [0.5, 0.6) is 5.75 Å². The molecule has 0 aliphatic carbocycles. The summed E-state index contributed by atoms with van der Waals surface area (Å²) in [6.45, 7) is 4.77. The van der Waals surface area contributed by atoms with Crippen LogP contribution in [0.15, 0.2) is 53.1 Å². The highest BCUT2D eigenvalue weighted by Gasteiger charge is 2.22. The van der Waals surface area contributed by atoms with E-state index in [0.717, 1.165) is 29.1 Å². The molecule has 0 fully saturated rings. The summed E-state index contributed by atoms with van der Waals surface area (Å²) in [7, 11) is 0. The molecule has 0 bridgehead atoms. The van der Waals surface area contributed by atoms with Crippen LogP contribution in [0.25, 0.3) is 11.3 Å². The zero-order valence-corrected chi connectivity index (χ0v) is 16.2. The van der Waals surface area contributed by atoms with Gasteiger partial charge in [-0.2, -0.15) is 0 Å². The SMILES string of the molecule is Cc1ccc(-c2cnc(CCC(=O)N[C@@H]3CCOc4ccccc43)o2)cc1C. The number of aryl methyl sites for hydroxylation is 3. The summed E-state index contributed by atoms with van der Waals surface area (Å²) in [5, 5.41) is 3.11. The third kappa shape index (κ3) is 3.93. The first-order valence-corrected chi connectivity index (χ1v) is 9.63. The van der Waals surface area contributed by atoms with E-state index >= 15 is 0 Å². The van der Waals surface area contributed by atoms with Crippen molar-refractivity contribution in [2.45, 2.75) is 39.2 Å². The van der Waals surface area contributed by atoms with Gasteiger partial charge in [0.15, 0.2) is 11.7 Å². The van der Waals surface area contributed by atoms with Gasteiger partial charge in [-0.15, -0.1) is 0 Å². The smallest absolute Gasteiger partial charge is 0.220 e. The van der Waals surface area contributed by atoms with Crippen molar-refractivity contribution in [3.05, 3.63) is 71.2 Å². The van der Waals surface area contributed by atoms with Gasteiger partial charge in [-0.1, -0.05) is 30.3 Å². The number of benzene rings is 2. The third-order valence-corrected chi connectivity index (χ3v) is 5.20. The van der Waals surface area contributed by atoms with Gasteiger partial charge < -0.3 is 14.5 Å². The van der Waals surface area contributed by atoms with Crippen molar-refractivity contribution < 1.29 is 13.9 Å². The topological polar surface area (TPSA) is 64.4 Å². The summed E-state index contributed by atoms with van der Waals surface area (Å²) >= 11 is 0. The van der Waals surface area contributed by atoms with Gasteiger partial charge in [-0.25, -0.2) is 4.98 Å². The van der Waals surface area contributed by atoms with Crippen molar-refractivity contribution in [1.82, 2.24) is 10.3 Å². The Bertz CT molecular complexity index is 993. The van der Waals surface area contributed by atoms with Gasteiger partial charge in [0.05, 0.1) is 18.8 Å². The van der Waals surface area contributed by atoms with E-state index in [0.29, 0.717) is 25.3 Å². The van der Waals surface area contributed by atoms with Crippen LogP contribution < -0.4 is 10.1 Å². The molecule has 1 aliphatic heterocycles. The van der Waals surface area contributed by atoms with Crippen LogP contribution >= 0.6 is 0 Å². The van der Waals surface area contributed by atoms with E-state index in [9.17, 15) is 4.79 Å². The van der Waals surface area contributed by atoms with Crippen LogP contribution in [0.2, 0.25) is 0 Å². The first kappa shape index (κ1) is 18.3. The fourth-order valence-corrected chi connectivity index (χ4v) is 3.43. The number of aromatic nitrogens is 1. The highest BCUT2D eigenvalue weighted by atomic mass is 16.5. The predicted molar refractivity (Wildman–Crippen MR) is 107 cm³/mol. The van der Waals surface area contributed by atoms with E-state index in [2.05, 4.69) is 36.3 Å². The van der Waals surface area contributed by atoms with Crippen LogP contribution in [0.4, 0.5) is 0 Å². The second-order valence-electron chi connectivity index (χ2n) is 7.21. The zero-order chi connectivity index (χ0) is 19.5. The molecule has 0 spiro atoms. The van der Waals surface area contributed by atoms with Gasteiger partial charge in [0, 0.05) is 30.4 Å². The summed E-state index contributed by atoms with van der Waals surface area (Å²) < 4.78 is 11.5. The molecule has 4 rings (SSSR count). The lowest BCUT2D eigenvalue weighted by molar-refractivity contribution is -0.122. The Hall–Kier alpha value is -3.08. The molecule has 5 heteroatoms. The minimum atomic E-state index is -0.00682. The van der Waals surface area contributed by atoms with Gasteiger partial charge in [0.1, 0.15) is 5.75 Å². The standard InChI is InChI=1S/C23H24N2O3/c1-15-7-8-17(13-16(15)2)21-14-24-23(28-21)10-9-22(26)25-19-11-12-27-20-6-4-3-5-18(19)20/h3-8,13-14,19H,9-12H2,1-2H3,(H,25,26)/t19-/m1/s1. The van der Waals surface area contributed by atoms with Gasteiger partial charge in [0.25, 0.3) is 0 Å². The molecule has 0 saturated carbocycles. The Kier molecular flexibility index (Phi) is 5.15. The number of para-hydroxylation sites is 1. The summed E-state index contributed by atoms with van der Waals surface area (Å²) in [5.74, 6) is 2.16. The number of oxazole rings is 1. The molecular formula is C23H24N2O3. The predicted octanol–water partition coefficient (Wildman–Crippen LogP) is 4.53. The number of nitrogens with one attached hydrogen (secondary N) is 1. The number of hydrogen-bond acceptors (Lipinski definition) is 4. The second kappa shape index (κ2) is 7.89. The quantitative estimate of drug-likeness (QED) is 0.710. The number of ether oxygens (including phenoxy) is 1. The maximum Gasteiger partial charge on any atom is 0.220 e. The largest absolute Gasteiger partial charge is 0.493 e. The number of amides is 1. The summed E-state index contributed by atoms with van der Waals surface area (Å²) in [6, 6.07) is 14.0. The average molecular weight is 376 g/mol. The van der Waals surface area contributed by atoms with E-state index in [1.807, 2.05) is 30.3 Å². The van der Waals surface area contributed by atoms with Gasteiger partial charge in [-0.3, -0.25) is 4.79 Å². The normalized spacial score (nSPS) is 15.6. The summed E-state index contributed by atoms with van der Waals surface area (Å²) in [4.78, 5) is 16.8. The maximum absolute atomic E-state index is 12.4. The lowest BCUT2D eigenvalue weighted by Crippen LogP contribution is -2.32. The Morgan fingerprint density at radius 2 is 2.04 bits per heavy atom. The van der Waals surface area contributed by atoms with Crippen molar-refractivity contribution in [3.8, 4) is 17.1 Å². The van der Waals surface area contributed by atoms with Crippen molar-refractivity contribution in [1.29, 1.82) is 0 Å². The molecule has 1 N–H and O–H groups in total. The first-order valence-electron chi connectivity index (χ1n) is 9.63. The minimum Gasteiger partial charge on any atom is -0.493 e. The van der Waals surface area contributed by atoms with Crippen LogP contribution in [0, 0.1) is 13.8 Å². The molecule has 2 aromatic carbocycles. The zero-order valence-electron chi connectivity index (χ0n) is 16.2. The van der Waals surface area contributed by atoms with Gasteiger partial charge in [-0.05, 0) is 37.1 Å². The van der Waals surface area contributed by atoms with E-state index < -0.39 is 0 Å². The highest BCUT2D eigenvalue weighted by molar-refractivity contribution is 5.76. The van der Waals surface area contributed by atoms with E-state index in [-0.39, 0.29) is 11.9 Å². The molecule has 1 aromatic heterocycles. The molecule has 1 atom stereocenters. The Morgan fingerprint density at radius 3 is 2.89 bits per heavy atom. The average Bonchev–Trinajstić information content (AvgIpc) is 3.18.